The minimum atomic E-state index is -0.564. The van der Waals surface area contributed by atoms with Gasteiger partial charge in [0.05, 0.1) is 0 Å². The normalized spacial score (nSPS) is 27.5. The van der Waals surface area contributed by atoms with E-state index in [1.807, 2.05) is 30.3 Å². The standard InChI is InChI=1S/C16H24N2O/c1-2-13-7-6-11-16(12-10-13,15(17)19)18-14-8-4-3-5-9-14/h3-5,8-9,13,18H,2,6-7,10-12H2,1H3,(H2,17,19). The fraction of sp³-hybridized carbons (Fsp3) is 0.562. The van der Waals surface area contributed by atoms with E-state index in [9.17, 15) is 4.79 Å². The fourth-order valence-corrected chi connectivity index (χ4v) is 3.05. The van der Waals surface area contributed by atoms with Crippen LogP contribution >= 0.6 is 0 Å². The number of nitrogens with two attached hydrogens (primary N) is 1. The number of anilines is 1. The molecule has 1 saturated carbocycles. The average molecular weight is 260 g/mol. The van der Waals surface area contributed by atoms with Gasteiger partial charge in [0.1, 0.15) is 5.54 Å². The van der Waals surface area contributed by atoms with E-state index in [4.69, 9.17) is 5.73 Å². The molecule has 3 nitrogen and oxygen atoms in total. The van der Waals surface area contributed by atoms with E-state index in [1.165, 1.54) is 12.8 Å². The number of carbonyl (C=O) groups is 1. The lowest BCUT2D eigenvalue weighted by atomic mass is 9.88. The Hall–Kier alpha value is -1.51. The molecule has 1 aromatic rings. The van der Waals surface area contributed by atoms with Crippen LogP contribution < -0.4 is 11.1 Å². The molecule has 0 aliphatic heterocycles. The minimum Gasteiger partial charge on any atom is -0.371 e. The topological polar surface area (TPSA) is 55.1 Å². The molecule has 0 bridgehead atoms. The average Bonchev–Trinajstić information content (AvgIpc) is 2.63. The maximum atomic E-state index is 12.0. The van der Waals surface area contributed by atoms with Crippen molar-refractivity contribution in [2.24, 2.45) is 11.7 Å². The summed E-state index contributed by atoms with van der Waals surface area (Å²) in [7, 11) is 0. The molecule has 1 aromatic carbocycles. The minimum absolute atomic E-state index is 0.215. The summed E-state index contributed by atoms with van der Waals surface area (Å²) in [6.07, 6.45) is 6.24. The predicted octanol–water partition coefficient (Wildman–Crippen LogP) is 3.31. The van der Waals surface area contributed by atoms with E-state index in [0.717, 1.165) is 37.3 Å². The molecule has 0 spiro atoms. The highest BCUT2D eigenvalue weighted by Gasteiger charge is 2.38. The SMILES string of the molecule is CCC1CCCC(Nc2ccccc2)(C(N)=O)CC1. The summed E-state index contributed by atoms with van der Waals surface area (Å²) in [6.45, 7) is 2.23. The maximum Gasteiger partial charge on any atom is 0.243 e. The zero-order valence-electron chi connectivity index (χ0n) is 11.7. The van der Waals surface area contributed by atoms with Crippen molar-refractivity contribution in [2.75, 3.05) is 5.32 Å². The zero-order valence-corrected chi connectivity index (χ0v) is 11.7. The van der Waals surface area contributed by atoms with Crippen LogP contribution in [0.15, 0.2) is 30.3 Å². The molecule has 0 saturated heterocycles. The first-order valence-electron chi connectivity index (χ1n) is 7.29. The van der Waals surface area contributed by atoms with Gasteiger partial charge in [0.2, 0.25) is 5.91 Å². The van der Waals surface area contributed by atoms with E-state index >= 15 is 0 Å². The summed E-state index contributed by atoms with van der Waals surface area (Å²) in [5.74, 6) is 0.520. The summed E-state index contributed by atoms with van der Waals surface area (Å²) >= 11 is 0. The van der Waals surface area contributed by atoms with E-state index < -0.39 is 5.54 Å². The van der Waals surface area contributed by atoms with Crippen LogP contribution in [0, 0.1) is 5.92 Å². The second-order valence-electron chi connectivity index (χ2n) is 5.64. The smallest absolute Gasteiger partial charge is 0.243 e. The van der Waals surface area contributed by atoms with Gasteiger partial charge in [0, 0.05) is 5.69 Å². The molecule has 0 radical (unpaired) electrons. The second-order valence-corrected chi connectivity index (χ2v) is 5.64. The van der Waals surface area contributed by atoms with E-state index in [0.29, 0.717) is 0 Å². The van der Waals surface area contributed by atoms with Crippen molar-refractivity contribution in [1.82, 2.24) is 0 Å². The number of para-hydroxylation sites is 1. The molecule has 1 aliphatic rings. The number of rotatable bonds is 4. The highest BCUT2D eigenvalue weighted by Crippen LogP contribution is 2.34. The van der Waals surface area contributed by atoms with Crippen LogP contribution in [0.3, 0.4) is 0 Å². The predicted molar refractivity (Wildman–Crippen MR) is 78.9 cm³/mol. The van der Waals surface area contributed by atoms with Crippen LogP contribution in [0.4, 0.5) is 5.69 Å². The number of hydrogen-bond acceptors (Lipinski definition) is 2. The van der Waals surface area contributed by atoms with Crippen LogP contribution in [0.2, 0.25) is 0 Å². The van der Waals surface area contributed by atoms with Crippen molar-refractivity contribution in [3.8, 4) is 0 Å². The quantitative estimate of drug-likeness (QED) is 0.816. The highest BCUT2D eigenvalue weighted by molar-refractivity contribution is 5.88. The van der Waals surface area contributed by atoms with Gasteiger partial charge in [-0.1, -0.05) is 44.4 Å². The van der Waals surface area contributed by atoms with E-state index in [-0.39, 0.29) is 5.91 Å². The largest absolute Gasteiger partial charge is 0.371 e. The molecule has 1 amide bonds. The summed E-state index contributed by atoms with van der Waals surface area (Å²) in [5.41, 5.74) is 6.12. The van der Waals surface area contributed by atoms with Crippen LogP contribution in [0.1, 0.15) is 45.4 Å². The van der Waals surface area contributed by atoms with Gasteiger partial charge < -0.3 is 11.1 Å². The van der Waals surface area contributed by atoms with Gasteiger partial charge in [-0.15, -0.1) is 0 Å². The molecule has 2 unspecified atom stereocenters. The number of hydrogen-bond donors (Lipinski definition) is 2. The van der Waals surface area contributed by atoms with Gasteiger partial charge in [0.15, 0.2) is 0 Å². The number of nitrogens with one attached hydrogen (secondary N) is 1. The van der Waals surface area contributed by atoms with Gasteiger partial charge in [0.25, 0.3) is 0 Å². The summed E-state index contributed by atoms with van der Waals surface area (Å²) in [6, 6.07) is 9.91. The lowest BCUT2D eigenvalue weighted by Gasteiger charge is -2.31. The molecule has 1 fully saturated rings. The Morgan fingerprint density at radius 3 is 2.68 bits per heavy atom. The van der Waals surface area contributed by atoms with Crippen molar-refractivity contribution in [3.63, 3.8) is 0 Å². The van der Waals surface area contributed by atoms with Crippen LogP contribution in [-0.2, 0) is 4.79 Å². The first-order chi connectivity index (χ1) is 9.16. The monoisotopic (exact) mass is 260 g/mol. The van der Waals surface area contributed by atoms with Crippen molar-refractivity contribution < 1.29 is 4.79 Å². The first kappa shape index (κ1) is 13.9. The summed E-state index contributed by atoms with van der Waals surface area (Å²) in [4.78, 5) is 12.0. The third-order valence-electron chi connectivity index (χ3n) is 4.40. The van der Waals surface area contributed by atoms with Crippen LogP contribution in [-0.4, -0.2) is 11.4 Å². The van der Waals surface area contributed by atoms with Crippen molar-refractivity contribution in [3.05, 3.63) is 30.3 Å². The molecule has 1 aliphatic carbocycles. The van der Waals surface area contributed by atoms with Gasteiger partial charge >= 0.3 is 0 Å². The van der Waals surface area contributed by atoms with Gasteiger partial charge in [-0.3, -0.25) is 4.79 Å². The van der Waals surface area contributed by atoms with Gasteiger partial charge in [-0.05, 0) is 37.3 Å². The van der Waals surface area contributed by atoms with Crippen molar-refractivity contribution in [1.29, 1.82) is 0 Å². The lowest BCUT2D eigenvalue weighted by molar-refractivity contribution is -0.122. The highest BCUT2D eigenvalue weighted by atomic mass is 16.1. The van der Waals surface area contributed by atoms with Crippen LogP contribution in [0.25, 0.3) is 0 Å². The molecule has 3 N–H and O–H groups in total. The Morgan fingerprint density at radius 2 is 2.05 bits per heavy atom. The molecular weight excluding hydrogens is 236 g/mol. The Balaban J connectivity index is 2.16. The Bertz CT molecular complexity index is 418. The van der Waals surface area contributed by atoms with E-state index in [1.54, 1.807) is 0 Å². The molecule has 19 heavy (non-hydrogen) atoms. The number of primary amides is 1. The summed E-state index contributed by atoms with van der Waals surface area (Å²) < 4.78 is 0. The Morgan fingerprint density at radius 1 is 1.32 bits per heavy atom. The molecule has 0 aromatic heterocycles. The molecule has 0 heterocycles. The first-order valence-corrected chi connectivity index (χ1v) is 7.29. The third-order valence-corrected chi connectivity index (χ3v) is 4.40. The Kier molecular flexibility index (Phi) is 4.46. The maximum absolute atomic E-state index is 12.0. The molecule has 2 rings (SSSR count). The number of carbonyl (C=O) groups excluding carboxylic acids is 1. The molecular formula is C16H24N2O. The fourth-order valence-electron chi connectivity index (χ4n) is 3.05. The van der Waals surface area contributed by atoms with Crippen molar-refractivity contribution >= 4 is 11.6 Å². The zero-order chi connectivity index (χ0) is 13.7. The third kappa shape index (κ3) is 3.28. The van der Waals surface area contributed by atoms with Crippen molar-refractivity contribution in [2.45, 2.75) is 51.0 Å². The van der Waals surface area contributed by atoms with Gasteiger partial charge in [-0.25, -0.2) is 0 Å². The second kappa shape index (κ2) is 6.09. The number of benzene rings is 1. The van der Waals surface area contributed by atoms with E-state index in [2.05, 4.69) is 12.2 Å². The lowest BCUT2D eigenvalue weighted by Crippen LogP contribution is -2.50. The van der Waals surface area contributed by atoms with Gasteiger partial charge in [-0.2, -0.15) is 0 Å². The molecule has 3 heteroatoms. The summed E-state index contributed by atoms with van der Waals surface area (Å²) in [5, 5.41) is 3.40. The van der Waals surface area contributed by atoms with Crippen LogP contribution in [0.5, 0.6) is 0 Å². The Labute approximate surface area is 115 Å². The molecule has 104 valence electrons. The number of amides is 1. The molecule has 2 atom stereocenters.